The van der Waals surface area contributed by atoms with Crippen molar-refractivity contribution in [3.8, 4) is 34.3 Å². The number of esters is 3. The van der Waals surface area contributed by atoms with Crippen LogP contribution >= 0.6 is 0 Å². The molecule has 0 aliphatic carbocycles. The van der Waals surface area contributed by atoms with Gasteiger partial charge in [0.2, 0.25) is 0 Å². The van der Waals surface area contributed by atoms with Crippen LogP contribution < -0.4 is 18.9 Å². The Bertz CT molecular complexity index is 2070. The Labute approximate surface area is 321 Å². The van der Waals surface area contributed by atoms with E-state index in [1.807, 2.05) is 48.5 Å². The lowest BCUT2D eigenvalue weighted by molar-refractivity contribution is -0.138. The second kappa shape index (κ2) is 20.9. The number of carbonyl (C=O) groups excluding carboxylic acids is 3. The summed E-state index contributed by atoms with van der Waals surface area (Å²) in [5, 5.41) is 2.83. The lowest BCUT2D eigenvalue weighted by atomic mass is 9.99. The van der Waals surface area contributed by atoms with E-state index in [1.54, 1.807) is 43.5 Å². The molecule has 0 amide bonds. The summed E-state index contributed by atoms with van der Waals surface area (Å²) in [7, 11) is 1.64. The van der Waals surface area contributed by atoms with E-state index in [-0.39, 0.29) is 0 Å². The zero-order valence-electron chi connectivity index (χ0n) is 31.3. The van der Waals surface area contributed by atoms with Gasteiger partial charge in [0.15, 0.2) is 0 Å². The normalized spacial score (nSPS) is 10.8. The Kier molecular flexibility index (Phi) is 15.2. The second-order valence-electron chi connectivity index (χ2n) is 12.8. The highest BCUT2D eigenvalue weighted by atomic mass is 16.5. The van der Waals surface area contributed by atoms with Gasteiger partial charge < -0.3 is 28.4 Å². The molecule has 0 aliphatic rings. The van der Waals surface area contributed by atoms with E-state index in [9.17, 15) is 14.4 Å². The number of nitrogens with zero attached hydrogens (tertiary/aromatic N) is 1. The van der Waals surface area contributed by atoms with Crippen LogP contribution in [0.5, 0.6) is 23.0 Å². The summed E-state index contributed by atoms with van der Waals surface area (Å²) in [6, 6.07) is 26.1. The Hall–Kier alpha value is -6.16. The first-order valence-corrected chi connectivity index (χ1v) is 18.6. The Balaban J connectivity index is 1.19. The Morgan fingerprint density at radius 3 is 1.64 bits per heavy atom. The number of hydrogen-bond donors (Lipinski definition) is 0. The number of methoxy groups -OCH3 is 1. The smallest absolute Gasteiger partial charge is 0.343 e. The van der Waals surface area contributed by atoms with Crippen molar-refractivity contribution in [2.45, 2.75) is 51.4 Å². The fourth-order valence-corrected chi connectivity index (χ4v) is 5.90. The van der Waals surface area contributed by atoms with Gasteiger partial charge in [-0.05, 0) is 136 Å². The predicted molar refractivity (Wildman–Crippen MR) is 213 cm³/mol. The van der Waals surface area contributed by atoms with E-state index in [0.717, 1.165) is 96.4 Å². The van der Waals surface area contributed by atoms with Gasteiger partial charge in [-0.3, -0.25) is 0 Å². The Morgan fingerprint density at radius 1 is 0.564 bits per heavy atom. The fourth-order valence-electron chi connectivity index (χ4n) is 5.90. The number of ether oxygens (including phenoxy) is 6. The molecule has 0 atom stereocenters. The van der Waals surface area contributed by atoms with E-state index in [4.69, 9.17) is 33.4 Å². The van der Waals surface area contributed by atoms with Crippen molar-refractivity contribution < 1.29 is 42.8 Å². The molecule has 10 heteroatoms. The summed E-state index contributed by atoms with van der Waals surface area (Å²) in [4.78, 5) is 40.4. The molecule has 0 bridgehead atoms. The largest absolute Gasteiger partial charge is 0.497 e. The minimum Gasteiger partial charge on any atom is -0.497 e. The van der Waals surface area contributed by atoms with Gasteiger partial charge in [-0.15, -0.1) is 0 Å². The number of unbranched alkanes of at least 4 members (excludes halogenated alkanes) is 6. The topological polar surface area (TPSA) is 119 Å². The van der Waals surface area contributed by atoms with Crippen LogP contribution in [0.3, 0.4) is 0 Å². The first kappa shape index (κ1) is 40.0. The van der Waals surface area contributed by atoms with E-state index in [2.05, 4.69) is 13.2 Å². The summed E-state index contributed by atoms with van der Waals surface area (Å²) in [5.74, 6) is 1.25. The van der Waals surface area contributed by atoms with Crippen LogP contribution in [0.2, 0.25) is 0 Å². The highest BCUT2D eigenvalue weighted by Gasteiger charge is 2.15. The summed E-state index contributed by atoms with van der Waals surface area (Å²) in [6.07, 6.45) is 9.49. The molecular weight excluding hydrogens is 698 g/mol. The number of rotatable bonds is 22. The number of fused-ring (bicyclic) bond motifs is 3. The van der Waals surface area contributed by atoms with Gasteiger partial charge in [0, 0.05) is 34.6 Å². The monoisotopic (exact) mass is 745 g/mol. The molecule has 0 spiro atoms. The SMILES string of the molecule is C=CC(=O)OCCCCCCOc1ccc(C(=O)Oc2ccc3c(c2)nc(-c2ccc(OCCCCCCOC(=O)C=C)cc2)c2cc(OC)ccc23)cc1. The lowest BCUT2D eigenvalue weighted by Crippen LogP contribution is -2.08. The quantitative estimate of drug-likeness (QED) is 0.0223. The molecular formula is C45H47NO9. The maximum atomic E-state index is 13.1. The van der Waals surface area contributed by atoms with Gasteiger partial charge >= 0.3 is 17.9 Å². The van der Waals surface area contributed by atoms with Crippen LogP contribution in [0.1, 0.15) is 61.7 Å². The second-order valence-corrected chi connectivity index (χ2v) is 12.8. The van der Waals surface area contributed by atoms with Crippen molar-refractivity contribution in [1.82, 2.24) is 4.98 Å². The molecule has 0 fully saturated rings. The number of pyridine rings is 1. The zero-order chi connectivity index (χ0) is 38.8. The van der Waals surface area contributed by atoms with Crippen LogP contribution in [0.15, 0.2) is 110 Å². The molecule has 5 aromatic rings. The minimum absolute atomic E-state index is 0.380. The molecule has 0 N–H and O–H groups in total. The number of aromatic nitrogens is 1. The van der Waals surface area contributed by atoms with Crippen LogP contribution in [0.4, 0.5) is 0 Å². The van der Waals surface area contributed by atoms with Crippen LogP contribution in [-0.2, 0) is 19.1 Å². The third-order valence-corrected chi connectivity index (χ3v) is 8.84. The first-order valence-electron chi connectivity index (χ1n) is 18.6. The lowest BCUT2D eigenvalue weighted by Gasteiger charge is -2.13. The summed E-state index contributed by atoms with van der Waals surface area (Å²) in [6.45, 7) is 8.70. The molecule has 5 rings (SSSR count). The van der Waals surface area contributed by atoms with E-state index in [1.165, 1.54) is 6.08 Å². The van der Waals surface area contributed by atoms with E-state index >= 15 is 0 Å². The first-order chi connectivity index (χ1) is 26.9. The average Bonchev–Trinajstić information content (AvgIpc) is 3.22. The summed E-state index contributed by atoms with van der Waals surface area (Å²) >= 11 is 0. The molecule has 0 saturated heterocycles. The van der Waals surface area contributed by atoms with E-state index in [0.29, 0.717) is 49.0 Å². The molecule has 0 saturated carbocycles. The fraction of sp³-hybridized carbons (Fsp3) is 0.289. The molecule has 0 unspecified atom stereocenters. The molecule has 4 aromatic carbocycles. The van der Waals surface area contributed by atoms with Crippen molar-refractivity contribution >= 4 is 39.6 Å². The Morgan fingerprint density at radius 2 is 1.07 bits per heavy atom. The van der Waals surface area contributed by atoms with E-state index < -0.39 is 17.9 Å². The third kappa shape index (κ3) is 11.9. The van der Waals surface area contributed by atoms with Gasteiger partial charge in [-0.25, -0.2) is 19.4 Å². The van der Waals surface area contributed by atoms with Crippen molar-refractivity contribution in [2.75, 3.05) is 33.5 Å². The molecule has 286 valence electrons. The highest BCUT2D eigenvalue weighted by Crippen LogP contribution is 2.36. The average molecular weight is 746 g/mol. The molecule has 0 radical (unpaired) electrons. The summed E-state index contributed by atoms with van der Waals surface area (Å²) in [5.41, 5.74) is 2.74. The van der Waals surface area contributed by atoms with Crippen LogP contribution in [0, 0.1) is 0 Å². The zero-order valence-corrected chi connectivity index (χ0v) is 31.3. The molecule has 1 aromatic heterocycles. The van der Waals surface area contributed by atoms with Crippen molar-refractivity contribution in [3.05, 3.63) is 116 Å². The van der Waals surface area contributed by atoms with Gasteiger partial charge in [0.25, 0.3) is 0 Å². The van der Waals surface area contributed by atoms with Crippen molar-refractivity contribution in [3.63, 3.8) is 0 Å². The molecule has 10 nitrogen and oxygen atoms in total. The third-order valence-electron chi connectivity index (χ3n) is 8.84. The van der Waals surface area contributed by atoms with Gasteiger partial charge in [-0.1, -0.05) is 13.2 Å². The maximum absolute atomic E-state index is 13.1. The van der Waals surface area contributed by atoms with Gasteiger partial charge in [0.1, 0.15) is 23.0 Å². The highest BCUT2D eigenvalue weighted by molar-refractivity contribution is 6.11. The van der Waals surface area contributed by atoms with Crippen LogP contribution in [-0.4, -0.2) is 56.4 Å². The molecule has 1 heterocycles. The standard InChI is InChI=1S/C45H47NO9/c1-4-42(47)53-28-12-8-6-10-26-51-34-18-14-32(15-19-34)44-40-30-36(50-3)22-24-38(40)39-25-23-37(31-41(39)46-44)55-45(49)33-16-20-35(21-17-33)52-27-11-7-9-13-29-54-43(48)5-2/h4-5,14-25,30-31H,1-2,6-13,26-29H2,3H3. The predicted octanol–water partition coefficient (Wildman–Crippen LogP) is 9.62. The molecule has 0 aliphatic heterocycles. The van der Waals surface area contributed by atoms with Crippen molar-refractivity contribution in [2.24, 2.45) is 0 Å². The van der Waals surface area contributed by atoms with Gasteiger partial charge in [0.05, 0.1) is 50.3 Å². The number of carbonyl (C=O) groups is 3. The maximum Gasteiger partial charge on any atom is 0.343 e. The number of benzene rings is 4. The summed E-state index contributed by atoms with van der Waals surface area (Å²) < 4.78 is 33.2. The van der Waals surface area contributed by atoms with Gasteiger partial charge in [-0.2, -0.15) is 0 Å². The van der Waals surface area contributed by atoms with Crippen LogP contribution in [0.25, 0.3) is 32.9 Å². The minimum atomic E-state index is -0.488. The molecule has 55 heavy (non-hydrogen) atoms. The van der Waals surface area contributed by atoms with Crippen molar-refractivity contribution in [1.29, 1.82) is 0 Å². The number of hydrogen-bond acceptors (Lipinski definition) is 10.